The Morgan fingerprint density at radius 2 is 2.19 bits per heavy atom. The summed E-state index contributed by atoms with van der Waals surface area (Å²) in [6.45, 7) is 5.19. The zero-order chi connectivity index (χ0) is 11.4. The molecule has 0 aliphatic heterocycles. The first-order valence-electron chi connectivity index (χ1n) is 5.45. The SMILES string of the molecule is Cc1ccc(CN[C@@H](C)c2ccccn2)s1. The zero-order valence-corrected chi connectivity index (χ0v) is 10.4. The summed E-state index contributed by atoms with van der Waals surface area (Å²) in [5.74, 6) is 0. The Balaban J connectivity index is 1.91. The van der Waals surface area contributed by atoms with Crippen molar-refractivity contribution in [2.24, 2.45) is 0 Å². The van der Waals surface area contributed by atoms with Crippen LogP contribution in [0, 0.1) is 6.92 Å². The minimum Gasteiger partial charge on any atom is -0.304 e. The van der Waals surface area contributed by atoms with Gasteiger partial charge in [0.25, 0.3) is 0 Å². The van der Waals surface area contributed by atoms with E-state index < -0.39 is 0 Å². The third kappa shape index (κ3) is 2.90. The van der Waals surface area contributed by atoms with E-state index in [-0.39, 0.29) is 0 Å². The number of hydrogen-bond donors (Lipinski definition) is 1. The molecule has 3 heteroatoms. The second-order valence-electron chi connectivity index (χ2n) is 3.87. The largest absolute Gasteiger partial charge is 0.304 e. The first-order chi connectivity index (χ1) is 7.75. The van der Waals surface area contributed by atoms with Gasteiger partial charge in [-0.05, 0) is 38.1 Å². The molecule has 0 bridgehead atoms. The lowest BCUT2D eigenvalue weighted by Gasteiger charge is -2.11. The fourth-order valence-electron chi connectivity index (χ4n) is 1.57. The van der Waals surface area contributed by atoms with Gasteiger partial charge in [0, 0.05) is 28.5 Å². The van der Waals surface area contributed by atoms with Gasteiger partial charge in [-0.3, -0.25) is 4.98 Å². The van der Waals surface area contributed by atoms with E-state index in [0.717, 1.165) is 12.2 Å². The van der Waals surface area contributed by atoms with Gasteiger partial charge >= 0.3 is 0 Å². The van der Waals surface area contributed by atoms with Crippen LogP contribution in [0.4, 0.5) is 0 Å². The Bertz CT molecular complexity index is 436. The first-order valence-corrected chi connectivity index (χ1v) is 6.27. The van der Waals surface area contributed by atoms with Gasteiger partial charge in [-0.1, -0.05) is 6.07 Å². The van der Waals surface area contributed by atoms with Gasteiger partial charge < -0.3 is 5.32 Å². The average molecular weight is 232 g/mol. The van der Waals surface area contributed by atoms with E-state index in [1.54, 1.807) is 0 Å². The quantitative estimate of drug-likeness (QED) is 0.875. The minimum absolute atomic E-state index is 0.295. The molecule has 2 nitrogen and oxygen atoms in total. The van der Waals surface area contributed by atoms with E-state index in [9.17, 15) is 0 Å². The molecule has 1 atom stereocenters. The summed E-state index contributed by atoms with van der Waals surface area (Å²) in [6.07, 6.45) is 1.84. The highest BCUT2D eigenvalue weighted by Crippen LogP contribution is 2.16. The molecule has 0 aromatic carbocycles. The Morgan fingerprint density at radius 3 is 2.81 bits per heavy atom. The van der Waals surface area contributed by atoms with Crippen molar-refractivity contribution in [3.63, 3.8) is 0 Å². The Morgan fingerprint density at radius 1 is 1.31 bits per heavy atom. The van der Waals surface area contributed by atoms with Crippen molar-refractivity contribution >= 4 is 11.3 Å². The molecule has 0 amide bonds. The fourth-order valence-corrected chi connectivity index (χ4v) is 2.41. The number of hydrogen-bond acceptors (Lipinski definition) is 3. The van der Waals surface area contributed by atoms with Crippen molar-refractivity contribution in [1.82, 2.24) is 10.3 Å². The van der Waals surface area contributed by atoms with Crippen molar-refractivity contribution in [1.29, 1.82) is 0 Å². The molecule has 0 saturated heterocycles. The second-order valence-corrected chi connectivity index (χ2v) is 5.24. The highest BCUT2D eigenvalue weighted by atomic mass is 32.1. The van der Waals surface area contributed by atoms with Crippen molar-refractivity contribution in [3.8, 4) is 0 Å². The van der Waals surface area contributed by atoms with Crippen LogP contribution in [0.5, 0.6) is 0 Å². The molecule has 84 valence electrons. The van der Waals surface area contributed by atoms with Crippen LogP contribution in [0.15, 0.2) is 36.5 Å². The predicted molar refractivity (Wildman–Crippen MR) is 68.5 cm³/mol. The third-order valence-electron chi connectivity index (χ3n) is 2.51. The maximum atomic E-state index is 4.34. The van der Waals surface area contributed by atoms with E-state index in [1.807, 2.05) is 29.7 Å². The molecule has 0 saturated carbocycles. The Hall–Kier alpha value is -1.19. The van der Waals surface area contributed by atoms with Gasteiger partial charge in [0.1, 0.15) is 0 Å². The van der Waals surface area contributed by atoms with E-state index in [2.05, 4.69) is 42.3 Å². The van der Waals surface area contributed by atoms with Gasteiger partial charge in [0.2, 0.25) is 0 Å². The van der Waals surface area contributed by atoms with Crippen LogP contribution in [0.3, 0.4) is 0 Å². The van der Waals surface area contributed by atoms with E-state index in [4.69, 9.17) is 0 Å². The average Bonchev–Trinajstić information content (AvgIpc) is 2.73. The molecule has 0 spiro atoms. The molecule has 2 heterocycles. The smallest absolute Gasteiger partial charge is 0.0570 e. The molecule has 0 aliphatic rings. The van der Waals surface area contributed by atoms with E-state index in [0.29, 0.717) is 6.04 Å². The number of aryl methyl sites for hydroxylation is 1. The summed E-state index contributed by atoms with van der Waals surface area (Å²) in [5, 5.41) is 3.48. The molecule has 2 aromatic heterocycles. The van der Waals surface area contributed by atoms with Gasteiger partial charge in [-0.15, -0.1) is 11.3 Å². The fraction of sp³-hybridized carbons (Fsp3) is 0.308. The first kappa shape index (κ1) is 11.3. The molecule has 0 radical (unpaired) electrons. The van der Waals surface area contributed by atoms with Crippen LogP contribution >= 0.6 is 11.3 Å². The van der Waals surface area contributed by atoms with Gasteiger partial charge in [0.15, 0.2) is 0 Å². The van der Waals surface area contributed by atoms with Crippen LogP contribution < -0.4 is 5.32 Å². The lowest BCUT2D eigenvalue weighted by atomic mass is 10.2. The van der Waals surface area contributed by atoms with Crippen molar-refractivity contribution < 1.29 is 0 Å². The Kier molecular flexibility index (Phi) is 3.70. The number of nitrogens with zero attached hydrogens (tertiary/aromatic N) is 1. The second kappa shape index (κ2) is 5.23. The summed E-state index contributed by atoms with van der Waals surface area (Å²) >= 11 is 1.84. The predicted octanol–water partition coefficient (Wildman–Crippen LogP) is 3.30. The molecule has 2 rings (SSSR count). The molecule has 0 aliphatic carbocycles. The van der Waals surface area contributed by atoms with Crippen LogP contribution in [-0.2, 0) is 6.54 Å². The van der Waals surface area contributed by atoms with Crippen molar-refractivity contribution in [2.75, 3.05) is 0 Å². The molecule has 2 aromatic rings. The molecular weight excluding hydrogens is 216 g/mol. The van der Waals surface area contributed by atoms with Gasteiger partial charge in [-0.2, -0.15) is 0 Å². The van der Waals surface area contributed by atoms with Crippen molar-refractivity contribution in [2.45, 2.75) is 26.4 Å². The standard InChI is InChI=1S/C13H16N2S/c1-10-6-7-12(16-10)9-15-11(2)13-5-3-4-8-14-13/h3-8,11,15H,9H2,1-2H3/t11-/m0/s1. The minimum atomic E-state index is 0.295. The maximum Gasteiger partial charge on any atom is 0.0570 e. The summed E-state index contributed by atoms with van der Waals surface area (Å²) < 4.78 is 0. The molecule has 0 fully saturated rings. The number of rotatable bonds is 4. The molecular formula is C13H16N2S. The number of aromatic nitrogens is 1. The van der Waals surface area contributed by atoms with Crippen LogP contribution in [0.2, 0.25) is 0 Å². The van der Waals surface area contributed by atoms with Crippen molar-refractivity contribution in [3.05, 3.63) is 52.0 Å². The number of nitrogens with one attached hydrogen (secondary N) is 1. The van der Waals surface area contributed by atoms with Crippen LogP contribution in [0.1, 0.15) is 28.4 Å². The topological polar surface area (TPSA) is 24.9 Å². The highest BCUT2D eigenvalue weighted by Gasteiger charge is 2.05. The van der Waals surface area contributed by atoms with E-state index in [1.165, 1.54) is 9.75 Å². The zero-order valence-electron chi connectivity index (χ0n) is 9.60. The molecule has 1 N–H and O–H groups in total. The summed E-state index contributed by atoms with van der Waals surface area (Å²) in [5.41, 5.74) is 1.09. The third-order valence-corrected chi connectivity index (χ3v) is 3.51. The Labute approximate surface area is 100 Å². The summed E-state index contributed by atoms with van der Waals surface area (Å²) in [4.78, 5) is 7.08. The van der Waals surface area contributed by atoms with E-state index >= 15 is 0 Å². The monoisotopic (exact) mass is 232 g/mol. The number of thiophene rings is 1. The van der Waals surface area contributed by atoms with Gasteiger partial charge in [0.05, 0.1) is 5.69 Å². The normalized spacial score (nSPS) is 12.6. The lowest BCUT2D eigenvalue weighted by molar-refractivity contribution is 0.565. The summed E-state index contributed by atoms with van der Waals surface area (Å²) in [7, 11) is 0. The van der Waals surface area contributed by atoms with Crippen LogP contribution in [0.25, 0.3) is 0 Å². The summed E-state index contributed by atoms with van der Waals surface area (Å²) in [6, 6.07) is 10.7. The van der Waals surface area contributed by atoms with Gasteiger partial charge in [-0.25, -0.2) is 0 Å². The number of pyridine rings is 1. The molecule has 0 unspecified atom stereocenters. The highest BCUT2D eigenvalue weighted by molar-refractivity contribution is 7.11. The van der Waals surface area contributed by atoms with Crippen LogP contribution in [-0.4, -0.2) is 4.98 Å². The maximum absolute atomic E-state index is 4.34. The molecule has 16 heavy (non-hydrogen) atoms. The lowest BCUT2D eigenvalue weighted by Crippen LogP contribution is -2.18.